The standard InChI is InChI=1S/C28H33F4NO3.C4H10.CH4S/c1-14(2)24-22-23(21-19(33-24)11-26(4,5)12-20(21)34)27(8-9-35-13-15(27)3)36-25(22)17-7-6-16(10-18(17)29)28(30,31)32;1-3-4-2;1-2/h6-7,10,14-15,20,25,34H,8-9,11-13H2,1-5H3;3-4H2,1-2H3;2H,1H3. The van der Waals surface area contributed by atoms with Crippen molar-refractivity contribution in [1.29, 1.82) is 0 Å². The molecule has 2 aromatic rings. The van der Waals surface area contributed by atoms with Crippen molar-refractivity contribution in [3.05, 3.63) is 63.2 Å². The molecule has 1 aromatic carbocycles. The third-order valence-electron chi connectivity index (χ3n) is 8.56. The first-order chi connectivity index (χ1) is 19.7. The van der Waals surface area contributed by atoms with E-state index < -0.39 is 35.4 Å². The van der Waals surface area contributed by atoms with E-state index >= 15 is 4.39 Å². The lowest BCUT2D eigenvalue weighted by atomic mass is 9.68. The number of hydrogen-bond acceptors (Lipinski definition) is 5. The van der Waals surface area contributed by atoms with Crippen LogP contribution >= 0.6 is 12.6 Å². The van der Waals surface area contributed by atoms with Crippen molar-refractivity contribution in [2.75, 3.05) is 19.5 Å². The molecule has 4 nitrogen and oxygen atoms in total. The summed E-state index contributed by atoms with van der Waals surface area (Å²) in [5.41, 5.74) is 1.87. The van der Waals surface area contributed by atoms with E-state index in [1.54, 1.807) is 6.26 Å². The lowest BCUT2D eigenvalue weighted by Crippen LogP contribution is -2.43. The van der Waals surface area contributed by atoms with Gasteiger partial charge in [0.05, 0.1) is 18.3 Å². The molecule has 0 amide bonds. The van der Waals surface area contributed by atoms with E-state index in [0.717, 1.165) is 28.6 Å². The van der Waals surface area contributed by atoms with E-state index in [9.17, 15) is 18.3 Å². The number of thiol groups is 1. The summed E-state index contributed by atoms with van der Waals surface area (Å²) < 4.78 is 67.7. The molecule has 1 saturated heterocycles. The van der Waals surface area contributed by atoms with Gasteiger partial charge in [0.1, 0.15) is 17.5 Å². The first-order valence-corrected chi connectivity index (χ1v) is 15.9. The number of hydrogen-bond donors (Lipinski definition) is 2. The molecule has 236 valence electrons. The lowest BCUT2D eigenvalue weighted by Gasteiger charge is -2.43. The minimum absolute atomic E-state index is 0.0415. The Hall–Kier alpha value is -1.68. The minimum Gasteiger partial charge on any atom is -0.388 e. The summed E-state index contributed by atoms with van der Waals surface area (Å²) in [5.74, 6) is -1.12. The molecule has 1 fully saturated rings. The number of nitrogens with zero attached hydrogens (tertiary/aromatic N) is 1. The zero-order valence-corrected chi connectivity index (χ0v) is 27.1. The van der Waals surface area contributed by atoms with Crippen molar-refractivity contribution < 1.29 is 32.1 Å². The van der Waals surface area contributed by atoms with Crippen LogP contribution < -0.4 is 0 Å². The first kappa shape index (κ1) is 34.8. The van der Waals surface area contributed by atoms with Gasteiger partial charge in [0.15, 0.2) is 0 Å². The highest BCUT2D eigenvalue weighted by atomic mass is 32.1. The number of alkyl halides is 3. The molecule has 1 spiro atoms. The summed E-state index contributed by atoms with van der Waals surface area (Å²) >= 11 is 3.53. The maximum atomic E-state index is 15.4. The number of rotatable bonds is 3. The predicted molar refractivity (Wildman–Crippen MR) is 161 cm³/mol. The number of halogens is 4. The van der Waals surface area contributed by atoms with Gasteiger partial charge in [0, 0.05) is 47.0 Å². The van der Waals surface area contributed by atoms with Crippen LogP contribution in [0.3, 0.4) is 0 Å². The second kappa shape index (κ2) is 13.5. The normalized spacial score (nSPS) is 26.1. The summed E-state index contributed by atoms with van der Waals surface area (Å²) in [6.45, 7) is 15.4. The van der Waals surface area contributed by atoms with E-state index in [-0.39, 0.29) is 22.8 Å². The van der Waals surface area contributed by atoms with Gasteiger partial charge in [-0.1, -0.05) is 67.4 Å². The summed E-state index contributed by atoms with van der Waals surface area (Å²) in [4.78, 5) is 5.02. The molecule has 4 atom stereocenters. The molecular weight excluding hydrogens is 566 g/mol. The van der Waals surface area contributed by atoms with Crippen molar-refractivity contribution >= 4 is 12.6 Å². The molecule has 4 unspecified atom stereocenters. The molecule has 1 aromatic heterocycles. The summed E-state index contributed by atoms with van der Waals surface area (Å²) in [6, 6.07) is 2.62. The number of unbranched alkanes of at least 4 members (excludes halogenated alkanes) is 1. The Balaban J connectivity index is 0.000000745. The van der Waals surface area contributed by atoms with Gasteiger partial charge in [0.25, 0.3) is 0 Å². The van der Waals surface area contributed by atoms with Gasteiger partial charge in [-0.3, -0.25) is 4.98 Å². The fourth-order valence-electron chi connectivity index (χ4n) is 6.36. The highest BCUT2D eigenvalue weighted by molar-refractivity contribution is 7.79. The van der Waals surface area contributed by atoms with Crippen LogP contribution in [0.25, 0.3) is 0 Å². The van der Waals surface area contributed by atoms with Crippen LogP contribution in [-0.2, 0) is 27.7 Å². The van der Waals surface area contributed by atoms with Crippen molar-refractivity contribution in [1.82, 2.24) is 4.98 Å². The number of ether oxygens (including phenoxy) is 2. The Morgan fingerprint density at radius 2 is 1.76 bits per heavy atom. The second-order valence-electron chi connectivity index (χ2n) is 12.7. The van der Waals surface area contributed by atoms with Crippen LogP contribution in [0, 0.1) is 17.2 Å². The summed E-state index contributed by atoms with van der Waals surface area (Å²) in [7, 11) is 0. The van der Waals surface area contributed by atoms with Gasteiger partial charge >= 0.3 is 6.18 Å². The van der Waals surface area contributed by atoms with Gasteiger partial charge in [-0.2, -0.15) is 25.8 Å². The molecule has 1 aliphatic carbocycles. The Morgan fingerprint density at radius 3 is 2.29 bits per heavy atom. The largest absolute Gasteiger partial charge is 0.416 e. The smallest absolute Gasteiger partial charge is 0.388 e. The van der Waals surface area contributed by atoms with Crippen molar-refractivity contribution in [3.63, 3.8) is 0 Å². The molecule has 0 bridgehead atoms. The Labute approximate surface area is 254 Å². The Bertz CT molecular complexity index is 1230. The predicted octanol–water partition coefficient (Wildman–Crippen LogP) is 9.09. The topological polar surface area (TPSA) is 51.6 Å². The third-order valence-corrected chi connectivity index (χ3v) is 8.56. The molecule has 0 saturated carbocycles. The zero-order valence-electron chi connectivity index (χ0n) is 26.2. The van der Waals surface area contributed by atoms with E-state index in [0.29, 0.717) is 44.1 Å². The number of aromatic nitrogens is 1. The molecule has 42 heavy (non-hydrogen) atoms. The lowest BCUT2D eigenvalue weighted by molar-refractivity contribution is -0.157. The maximum Gasteiger partial charge on any atom is 0.416 e. The molecule has 3 aliphatic rings. The zero-order chi connectivity index (χ0) is 31.6. The quantitative estimate of drug-likeness (QED) is 0.268. The first-order valence-electron chi connectivity index (χ1n) is 15.0. The highest BCUT2D eigenvalue weighted by Crippen LogP contribution is 2.59. The number of benzene rings is 1. The SMILES string of the molecule is CC(C)c1nc2c(c3c1C(c1ccc(C(F)(F)F)cc1F)OC31CCOCC1C)C(O)CC(C)(C)C2.CCCC.CS. The summed E-state index contributed by atoms with van der Waals surface area (Å²) in [5, 5.41) is 11.4. The van der Waals surface area contributed by atoms with E-state index in [2.05, 4.69) is 40.3 Å². The Kier molecular flexibility index (Phi) is 11.2. The summed E-state index contributed by atoms with van der Waals surface area (Å²) in [6.07, 6.45) is -0.269. The molecule has 2 aliphatic heterocycles. The van der Waals surface area contributed by atoms with Crippen LogP contribution in [0.15, 0.2) is 18.2 Å². The van der Waals surface area contributed by atoms with E-state index in [1.807, 2.05) is 20.8 Å². The second-order valence-corrected chi connectivity index (χ2v) is 12.7. The average molecular weight is 614 g/mol. The van der Waals surface area contributed by atoms with Gasteiger partial charge in [-0.15, -0.1) is 0 Å². The number of aliphatic hydroxyl groups is 1. The molecule has 1 N–H and O–H groups in total. The van der Waals surface area contributed by atoms with E-state index in [1.165, 1.54) is 18.9 Å². The van der Waals surface area contributed by atoms with Gasteiger partial charge in [-0.05, 0) is 48.1 Å². The van der Waals surface area contributed by atoms with Crippen LogP contribution in [0.2, 0.25) is 0 Å². The van der Waals surface area contributed by atoms with Crippen LogP contribution in [0.4, 0.5) is 17.6 Å². The molecule has 5 rings (SSSR count). The number of pyridine rings is 1. The van der Waals surface area contributed by atoms with Crippen LogP contribution in [0.5, 0.6) is 0 Å². The monoisotopic (exact) mass is 613 g/mol. The van der Waals surface area contributed by atoms with Crippen LogP contribution in [0.1, 0.15) is 131 Å². The Morgan fingerprint density at radius 1 is 1.12 bits per heavy atom. The fraction of sp³-hybridized carbons (Fsp3) is 0.667. The third kappa shape index (κ3) is 6.69. The van der Waals surface area contributed by atoms with Gasteiger partial charge in [0.2, 0.25) is 0 Å². The van der Waals surface area contributed by atoms with Crippen molar-refractivity contribution in [2.24, 2.45) is 11.3 Å². The van der Waals surface area contributed by atoms with Gasteiger partial charge in [-0.25, -0.2) is 4.39 Å². The maximum absolute atomic E-state index is 15.4. The molecule has 9 heteroatoms. The molecule has 0 radical (unpaired) electrons. The van der Waals surface area contributed by atoms with Crippen LogP contribution in [-0.4, -0.2) is 29.6 Å². The van der Waals surface area contributed by atoms with Crippen molar-refractivity contribution in [2.45, 2.75) is 110 Å². The molecule has 3 heterocycles. The highest BCUT2D eigenvalue weighted by Gasteiger charge is 2.55. The van der Waals surface area contributed by atoms with E-state index in [4.69, 9.17) is 14.5 Å². The fourth-order valence-corrected chi connectivity index (χ4v) is 6.36. The molecular formula is C33H47F4NO3S. The number of fused-ring (bicyclic) bond motifs is 4. The van der Waals surface area contributed by atoms with Crippen molar-refractivity contribution in [3.8, 4) is 0 Å². The average Bonchev–Trinajstić information content (AvgIpc) is 3.24. The number of aliphatic hydroxyl groups excluding tert-OH is 1. The minimum atomic E-state index is -4.65. The van der Waals surface area contributed by atoms with Gasteiger partial charge < -0.3 is 14.6 Å².